The summed E-state index contributed by atoms with van der Waals surface area (Å²) >= 11 is 15.2. The predicted octanol–water partition coefficient (Wildman–Crippen LogP) is 5.24. The Kier molecular flexibility index (Phi) is 4.71. The third-order valence-electron chi connectivity index (χ3n) is 2.57. The van der Waals surface area contributed by atoms with Gasteiger partial charge in [-0.05, 0) is 51.8 Å². The molecule has 0 bridgehead atoms. The highest BCUT2D eigenvalue weighted by Gasteiger charge is 2.02. The Morgan fingerprint density at radius 3 is 2.53 bits per heavy atom. The first-order valence-electron chi connectivity index (χ1n) is 5.47. The molecule has 0 aromatic heterocycles. The minimum Gasteiger partial charge on any atom is -0.381 e. The van der Waals surface area contributed by atoms with Crippen LogP contribution in [-0.2, 0) is 6.54 Å². The van der Waals surface area contributed by atoms with Crippen LogP contribution in [0, 0.1) is 11.3 Å². The van der Waals surface area contributed by atoms with Crippen LogP contribution in [0.3, 0.4) is 0 Å². The first-order chi connectivity index (χ1) is 9.10. The number of nitriles is 1. The van der Waals surface area contributed by atoms with Crippen LogP contribution in [0.15, 0.2) is 40.9 Å². The lowest BCUT2D eigenvalue weighted by Crippen LogP contribution is -1.99. The number of halogens is 3. The lowest BCUT2D eigenvalue weighted by Gasteiger charge is -2.08. The second-order valence-corrected chi connectivity index (χ2v) is 5.58. The smallest absolute Gasteiger partial charge is 0.101 e. The number of anilines is 1. The normalized spacial score (nSPS) is 10.0. The van der Waals surface area contributed by atoms with Crippen molar-refractivity contribution in [3.8, 4) is 6.07 Å². The number of nitrogens with zero attached hydrogens (tertiary/aromatic N) is 1. The molecule has 5 heteroatoms. The quantitative estimate of drug-likeness (QED) is 0.817. The van der Waals surface area contributed by atoms with E-state index in [4.69, 9.17) is 28.5 Å². The first kappa shape index (κ1) is 14.2. The largest absolute Gasteiger partial charge is 0.381 e. The number of nitrogens with one attached hydrogen (secondary N) is 1. The van der Waals surface area contributed by atoms with Gasteiger partial charge in [-0.25, -0.2) is 0 Å². The number of benzene rings is 2. The summed E-state index contributed by atoms with van der Waals surface area (Å²) in [5.41, 5.74) is 2.40. The summed E-state index contributed by atoms with van der Waals surface area (Å²) in [6, 6.07) is 13.1. The Bertz CT molecular complexity index is 650. The monoisotopic (exact) mass is 354 g/mol. The van der Waals surface area contributed by atoms with Crippen LogP contribution in [-0.4, -0.2) is 0 Å². The number of hydrogen-bond acceptors (Lipinski definition) is 2. The molecule has 19 heavy (non-hydrogen) atoms. The van der Waals surface area contributed by atoms with E-state index in [1.807, 2.05) is 24.3 Å². The van der Waals surface area contributed by atoms with Crippen molar-refractivity contribution in [2.24, 2.45) is 0 Å². The first-order valence-corrected chi connectivity index (χ1v) is 7.02. The Morgan fingerprint density at radius 1 is 1.11 bits per heavy atom. The van der Waals surface area contributed by atoms with Gasteiger partial charge in [-0.1, -0.05) is 29.3 Å². The van der Waals surface area contributed by atoms with Gasteiger partial charge in [-0.3, -0.25) is 0 Å². The molecule has 0 spiro atoms. The molecule has 0 aliphatic carbocycles. The molecule has 0 amide bonds. The van der Waals surface area contributed by atoms with Crippen LogP contribution in [0.5, 0.6) is 0 Å². The maximum absolute atomic E-state index is 8.91. The molecular formula is C14H9BrCl2N2. The van der Waals surface area contributed by atoms with E-state index in [2.05, 4.69) is 27.3 Å². The van der Waals surface area contributed by atoms with Gasteiger partial charge in [0.15, 0.2) is 0 Å². The van der Waals surface area contributed by atoms with Gasteiger partial charge in [0.1, 0.15) is 6.07 Å². The Hall–Kier alpha value is -1.21. The molecule has 96 valence electrons. The molecule has 0 heterocycles. The molecular weight excluding hydrogens is 347 g/mol. The standard InChI is InChI=1S/C14H9BrCl2N2/c15-12-5-9(1-3-14(12)17)8-19-11-2-4-13(16)10(6-11)7-18/h1-6,19H,8H2. The van der Waals surface area contributed by atoms with Gasteiger partial charge in [-0.15, -0.1) is 0 Å². The lowest BCUT2D eigenvalue weighted by molar-refractivity contribution is 1.15. The van der Waals surface area contributed by atoms with Gasteiger partial charge < -0.3 is 5.32 Å². The fraction of sp³-hybridized carbons (Fsp3) is 0.0714. The van der Waals surface area contributed by atoms with Crippen molar-refractivity contribution >= 4 is 44.8 Å². The van der Waals surface area contributed by atoms with Crippen molar-refractivity contribution < 1.29 is 0 Å². The van der Waals surface area contributed by atoms with Crippen molar-refractivity contribution in [3.05, 3.63) is 62.0 Å². The summed E-state index contributed by atoms with van der Waals surface area (Å²) in [5, 5.41) is 13.3. The van der Waals surface area contributed by atoms with Gasteiger partial charge in [0.2, 0.25) is 0 Å². The number of hydrogen-bond donors (Lipinski definition) is 1. The van der Waals surface area contributed by atoms with Gasteiger partial charge in [-0.2, -0.15) is 5.26 Å². The minimum atomic E-state index is 0.460. The minimum absolute atomic E-state index is 0.460. The Morgan fingerprint density at radius 2 is 1.84 bits per heavy atom. The summed E-state index contributed by atoms with van der Waals surface area (Å²) in [6.45, 7) is 0.641. The number of rotatable bonds is 3. The molecule has 2 nitrogen and oxygen atoms in total. The van der Waals surface area contributed by atoms with Gasteiger partial charge in [0.05, 0.1) is 15.6 Å². The van der Waals surface area contributed by atoms with Crippen LogP contribution >= 0.6 is 39.1 Å². The molecule has 0 unspecified atom stereocenters. The van der Waals surface area contributed by atoms with Gasteiger partial charge in [0, 0.05) is 16.7 Å². The summed E-state index contributed by atoms with van der Waals surface area (Å²) < 4.78 is 0.863. The molecule has 0 saturated carbocycles. The second kappa shape index (κ2) is 6.29. The average Bonchev–Trinajstić information content (AvgIpc) is 2.41. The van der Waals surface area contributed by atoms with Crippen LogP contribution in [0.1, 0.15) is 11.1 Å². The highest BCUT2D eigenvalue weighted by atomic mass is 79.9. The molecule has 2 rings (SSSR count). The van der Waals surface area contributed by atoms with Crippen molar-refractivity contribution in [3.63, 3.8) is 0 Å². The van der Waals surface area contributed by atoms with E-state index in [0.717, 1.165) is 15.7 Å². The zero-order chi connectivity index (χ0) is 13.8. The fourth-order valence-electron chi connectivity index (χ4n) is 1.57. The highest BCUT2D eigenvalue weighted by Crippen LogP contribution is 2.24. The van der Waals surface area contributed by atoms with Crippen LogP contribution in [0.25, 0.3) is 0 Å². The third kappa shape index (κ3) is 3.63. The van der Waals surface area contributed by atoms with E-state index < -0.39 is 0 Å². The van der Waals surface area contributed by atoms with Crippen LogP contribution in [0.4, 0.5) is 5.69 Å². The molecule has 0 radical (unpaired) electrons. The van der Waals surface area contributed by atoms with E-state index in [-0.39, 0.29) is 0 Å². The van der Waals surface area contributed by atoms with Crippen molar-refractivity contribution in [2.45, 2.75) is 6.54 Å². The molecule has 2 aromatic carbocycles. The summed E-state index contributed by atoms with van der Waals surface area (Å²) in [5.74, 6) is 0. The molecule has 0 fully saturated rings. The fourth-order valence-corrected chi connectivity index (χ4v) is 2.28. The molecule has 0 aliphatic rings. The molecule has 1 N–H and O–H groups in total. The zero-order valence-electron chi connectivity index (χ0n) is 9.75. The molecule has 0 atom stereocenters. The maximum Gasteiger partial charge on any atom is 0.101 e. The average molecular weight is 356 g/mol. The summed E-state index contributed by atoms with van der Waals surface area (Å²) in [4.78, 5) is 0. The van der Waals surface area contributed by atoms with Gasteiger partial charge in [0.25, 0.3) is 0 Å². The molecule has 2 aromatic rings. The Balaban J connectivity index is 2.10. The summed E-state index contributed by atoms with van der Waals surface area (Å²) in [7, 11) is 0. The lowest BCUT2D eigenvalue weighted by atomic mass is 10.2. The van der Waals surface area contributed by atoms with E-state index in [0.29, 0.717) is 22.2 Å². The SMILES string of the molecule is N#Cc1cc(NCc2ccc(Cl)c(Br)c2)ccc1Cl. The Labute approximate surface area is 130 Å². The predicted molar refractivity (Wildman–Crippen MR) is 82.6 cm³/mol. The van der Waals surface area contributed by atoms with Gasteiger partial charge >= 0.3 is 0 Å². The van der Waals surface area contributed by atoms with Crippen molar-refractivity contribution in [1.82, 2.24) is 0 Å². The van der Waals surface area contributed by atoms with Crippen LogP contribution < -0.4 is 5.32 Å². The maximum atomic E-state index is 8.91. The van der Waals surface area contributed by atoms with Crippen molar-refractivity contribution in [1.29, 1.82) is 5.26 Å². The van der Waals surface area contributed by atoms with Crippen LogP contribution in [0.2, 0.25) is 10.0 Å². The van der Waals surface area contributed by atoms with Crippen molar-refractivity contribution in [2.75, 3.05) is 5.32 Å². The van der Waals surface area contributed by atoms with E-state index in [9.17, 15) is 0 Å². The zero-order valence-corrected chi connectivity index (χ0v) is 12.9. The third-order valence-corrected chi connectivity index (χ3v) is 4.11. The molecule has 0 aliphatic heterocycles. The highest BCUT2D eigenvalue weighted by molar-refractivity contribution is 9.10. The van der Waals surface area contributed by atoms with E-state index >= 15 is 0 Å². The van der Waals surface area contributed by atoms with E-state index in [1.54, 1.807) is 12.1 Å². The second-order valence-electron chi connectivity index (χ2n) is 3.91. The van der Waals surface area contributed by atoms with E-state index in [1.165, 1.54) is 0 Å². The summed E-state index contributed by atoms with van der Waals surface area (Å²) in [6.07, 6.45) is 0. The topological polar surface area (TPSA) is 35.8 Å². The molecule has 0 saturated heterocycles.